The standard InChI is InChI=1S/C15H24N2/c1-15(2,3)12-6-5-11-7-8-17(4)14(10-16)13(11)9-12/h5-6,9,14H,7-8,10,16H2,1-4H3. The molecule has 1 atom stereocenters. The largest absolute Gasteiger partial charge is 0.329 e. The summed E-state index contributed by atoms with van der Waals surface area (Å²) in [5.74, 6) is 0. The normalized spacial score (nSPS) is 21.4. The molecule has 1 aromatic carbocycles. The van der Waals surface area contributed by atoms with Crippen LogP contribution in [0.5, 0.6) is 0 Å². The second kappa shape index (κ2) is 4.43. The van der Waals surface area contributed by atoms with Gasteiger partial charge < -0.3 is 5.73 Å². The number of hydrogen-bond acceptors (Lipinski definition) is 2. The predicted molar refractivity (Wildman–Crippen MR) is 73.3 cm³/mol. The van der Waals surface area contributed by atoms with E-state index in [1.807, 2.05) is 0 Å². The maximum absolute atomic E-state index is 5.93. The van der Waals surface area contributed by atoms with Gasteiger partial charge in [0.15, 0.2) is 0 Å². The summed E-state index contributed by atoms with van der Waals surface area (Å²) in [6, 6.07) is 7.33. The summed E-state index contributed by atoms with van der Waals surface area (Å²) >= 11 is 0. The molecule has 0 aliphatic carbocycles. The van der Waals surface area contributed by atoms with Gasteiger partial charge in [-0.2, -0.15) is 0 Å². The van der Waals surface area contributed by atoms with Crippen molar-refractivity contribution in [3.8, 4) is 0 Å². The number of benzene rings is 1. The van der Waals surface area contributed by atoms with Crippen molar-refractivity contribution >= 4 is 0 Å². The molecule has 1 unspecified atom stereocenters. The predicted octanol–water partition coefficient (Wildman–Crippen LogP) is 2.47. The Morgan fingerprint density at radius 3 is 2.65 bits per heavy atom. The van der Waals surface area contributed by atoms with Crippen molar-refractivity contribution in [2.24, 2.45) is 5.73 Å². The van der Waals surface area contributed by atoms with E-state index in [9.17, 15) is 0 Å². The molecule has 0 spiro atoms. The Morgan fingerprint density at radius 1 is 1.35 bits per heavy atom. The molecule has 1 aliphatic rings. The molecule has 0 amide bonds. The maximum Gasteiger partial charge on any atom is 0.0470 e. The Morgan fingerprint density at radius 2 is 2.06 bits per heavy atom. The number of rotatable bonds is 1. The highest BCUT2D eigenvalue weighted by atomic mass is 15.1. The minimum Gasteiger partial charge on any atom is -0.329 e. The van der Waals surface area contributed by atoms with E-state index in [4.69, 9.17) is 5.73 Å². The van der Waals surface area contributed by atoms with Gasteiger partial charge in [-0.3, -0.25) is 4.90 Å². The molecule has 0 saturated heterocycles. The molecule has 2 nitrogen and oxygen atoms in total. The lowest BCUT2D eigenvalue weighted by molar-refractivity contribution is 0.236. The zero-order valence-corrected chi connectivity index (χ0v) is 11.5. The van der Waals surface area contributed by atoms with Crippen molar-refractivity contribution < 1.29 is 0 Å². The lowest BCUT2D eigenvalue weighted by Gasteiger charge is -2.35. The fourth-order valence-electron chi connectivity index (χ4n) is 2.60. The molecule has 94 valence electrons. The summed E-state index contributed by atoms with van der Waals surface area (Å²) in [4.78, 5) is 2.37. The summed E-state index contributed by atoms with van der Waals surface area (Å²) in [7, 11) is 2.17. The Balaban J connectivity index is 2.45. The molecular formula is C15H24N2. The summed E-state index contributed by atoms with van der Waals surface area (Å²) < 4.78 is 0. The smallest absolute Gasteiger partial charge is 0.0470 e. The van der Waals surface area contributed by atoms with Crippen LogP contribution in [0.3, 0.4) is 0 Å². The minimum absolute atomic E-state index is 0.212. The highest BCUT2D eigenvalue weighted by molar-refractivity contribution is 5.39. The molecule has 1 heterocycles. The van der Waals surface area contributed by atoms with Crippen molar-refractivity contribution in [3.05, 3.63) is 34.9 Å². The van der Waals surface area contributed by atoms with Gasteiger partial charge in [-0.1, -0.05) is 39.0 Å². The van der Waals surface area contributed by atoms with E-state index < -0.39 is 0 Å². The lowest BCUT2D eigenvalue weighted by atomic mass is 9.82. The molecule has 1 aromatic rings. The van der Waals surface area contributed by atoms with Gasteiger partial charge in [0.25, 0.3) is 0 Å². The first-order chi connectivity index (χ1) is 7.93. The third kappa shape index (κ3) is 2.38. The molecule has 0 saturated carbocycles. The highest BCUT2D eigenvalue weighted by Gasteiger charge is 2.25. The number of fused-ring (bicyclic) bond motifs is 1. The summed E-state index contributed by atoms with van der Waals surface area (Å²) in [6.07, 6.45) is 1.15. The van der Waals surface area contributed by atoms with Crippen molar-refractivity contribution in [1.82, 2.24) is 4.90 Å². The second-order valence-electron chi connectivity index (χ2n) is 6.15. The van der Waals surface area contributed by atoms with Gasteiger partial charge >= 0.3 is 0 Å². The van der Waals surface area contributed by atoms with E-state index in [0.29, 0.717) is 12.6 Å². The van der Waals surface area contributed by atoms with E-state index in [1.165, 1.54) is 16.7 Å². The number of nitrogens with zero attached hydrogens (tertiary/aromatic N) is 1. The van der Waals surface area contributed by atoms with Gasteiger partial charge in [0.1, 0.15) is 0 Å². The van der Waals surface area contributed by atoms with Crippen LogP contribution in [0, 0.1) is 0 Å². The average molecular weight is 232 g/mol. The van der Waals surface area contributed by atoms with Crippen LogP contribution >= 0.6 is 0 Å². The van der Waals surface area contributed by atoms with Crippen LogP contribution in [0.4, 0.5) is 0 Å². The fraction of sp³-hybridized carbons (Fsp3) is 0.600. The topological polar surface area (TPSA) is 29.3 Å². The fourth-order valence-corrected chi connectivity index (χ4v) is 2.60. The van der Waals surface area contributed by atoms with Crippen molar-refractivity contribution in [1.29, 1.82) is 0 Å². The van der Waals surface area contributed by atoms with Gasteiger partial charge in [0, 0.05) is 19.1 Å². The minimum atomic E-state index is 0.212. The molecule has 0 radical (unpaired) electrons. The molecule has 1 aliphatic heterocycles. The monoisotopic (exact) mass is 232 g/mol. The molecule has 2 rings (SSSR count). The van der Waals surface area contributed by atoms with Crippen LogP contribution in [0.2, 0.25) is 0 Å². The first kappa shape index (κ1) is 12.6. The van der Waals surface area contributed by atoms with Gasteiger partial charge in [-0.15, -0.1) is 0 Å². The number of hydrogen-bond donors (Lipinski definition) is 1. The first-order valence-electron chi connectivity index (χ1n) is 6.47. The SMILES string of the molecule is CN1CCc2ccc(C(C)(C)C)cc2C1CN. The molecule has 0 aromatic heterocycles. The molecule has 2 heteroatoms. The Bertz CT molecular complexity index is 404. The third-order valence-electron chi connectivity index (χ3n) is 3.86. The van der Waals surface area contributed by atoms with Crippen LogP contribution < -0.4 is 5.73 Å². The van der Waals surface area contributed by atoms with E-state index in [0.717, 1.165) is 13.0 Å². The van der Waals surface area contributed by atoms with E-state index >= 15 is 0 Å². The zero-order chi connectivity index (χ0) is 12.6. The summed E-state index contributed by atoms with van der Waals surface area (Å²) in [6.45, 7) is 8.61. The Labute approximate surface area is 105 Å². The summed E-state index contributed by atoms with van der Waals surface area (Å²) in [5.41, 5.74) is 10.5. The highest BCUT2D eigenvalue weighted by Crippen LogP contribution is 2.32. The average Bonchev–Trinajstić information content (AvgIpc) is 2.27. The number of likely N-dealkylation sites (N-methyl/N-ethyl adjacent to an activating group) is 1. The van der Waals surface area contributed by atoms with Gasteiger partial charge in [0.05, 0.1) is 0 Å². The molecular weight excluding hydrogens is 208 g/mol. The lowest BCUT2D eigenvalue weighted by Crippen LogP contribution is -2.36. The van der Waals surface area contributed by atoms with Gasteiger partial charge in [-0.05, 0) is 35.6 Å². The maximum atomic E-state index is 5.93. The van der Waals surface area contributed by atoms with E-state index in [-0.39, 0.29) is 5.41 Å². The third-order valence-corrected chi connectivity index (χ3v) is 3.86. The van der Waals surface area contributed by atoms with Gasteiger partial charge in [0.2, 0.25) is 0 Å². The van der Waals surface area contributed by atoms with Crippen molar-refractivity contribution in [2.45, 2.75) is 38.6 Å². The van der Waals surface area contributed by atoms with Crippen LogP contribution in [0.1, 0.15) is 43.5 Å². The Hall–Kier alpha value is -0.860. The van der Waals surface area contributed by atoms with E-state index in [2.05, 4.69) is 50.9 Å². The number of nitrogens with two attached hydrogens (primary N) is 1. The first-order valence-corrected chi connectivity index (χ1v) is 6.47. The second-order valence-corrected chi connectivity index (χ2v) is 6.15. The van der Waals surface area contributed by atoms with E-state index in [1.54, 1.807) is 0 Å². The quantitative estimate of drug-likeness (QED) is 0.806. The van der Waals surface area contributed by atoms with Crippen molar-refractivity contribution in [3.63, 3.8) is 0 Å². The molecule has 0 bridgehead atoms. The molecule has 2 N–H and O–H groups in total. The van der Waals surface area contributed by atoms with Crippen LogP contribution in [0.25, 0.3) is 0 Å². The van der Waals surface area contributed by atoms with Crippen LogP contribution in [-0.2, 0) is 11.8 Å². The molecule has 0 fully saturated rings. The van der Waals surface area contributed by atoms with Crippen LogP contribution in [-0.4, -0.2) is 25.0 Å². The molecule has 17 heavy (non-hydrogen) atoms. The van der Waals surface area contributed by atoms with Gasteiger partial charge in [-0.25, -0.2) is 0 Å². The summed E-state index contributed by atoms with van der Waals surface area (Å²) in [5, 5.41) is 0. The van der Waals surface area contributed by atoms with Crippen LogP contribution in [0.15, 0.2) is 18.2 Å². The Kier molecular flexibility index (Phi) is 3.28. The van der Waals surface area contributed by atoms with Crippen molar-refractivity contribution in [2.75, 3.05) is 20.1 Å². The zero-order valence-electron chi connectivity index (χ0n) is 11.5.